The average Bonchev–Trinajstić information content (AvgIpc) is 2.73. The second-order valence-corrected chi connectivity index (χ2v) is 8.14. The van der Waals surface area contributed by atoms with Crippen molar-refractivity contribution >= 4 is 23.5 Å². The van der Waals surface area contributed by atoms with E-state index in [-0.39, 0.29) is 18.1 Å². The van der Waals surface area contributed by atoms with Crippen molar-refractivity contribution in [2.45, 2.75) is 45.8 Å². The zero-order chi connectivity index (χ0) is 24.3. The van der Waals surface area contributed by atoms with E-state index in [0.29, 0.717) is 49.8 Å². The van der Waals surface area contributed by atoms with Gasteiger partial charge in [0.25, 0.3) is 0 Å². The Hall–Kier alpha value is -3.11. The van der Waals surface area contributed by atoms with Crippen molar-refractivity contribution in [3.63, 3.8) is 0 Å². The van der Waals surface area contributed by atoms with Crippen LogP contribution in [0, 0.1) is 0 Å². The Morgan fingerprint density at radius 1 is 1.31 bits per heavy atom. The SMILES string of the molecule is CCC(=O)N1CCOc2cc(OCC(O)C[NH2+]C(C)(C)C)ccc21.O=C([O-])/C=C/C(=O)O. The molecule has 32 heavy (non-hydrogen) atoms. The number of anilines is 1. The molecular formula is C22H32N2O8. The summed E-state index contributed by atoms with van der Waals surface area (Å²) in [5.41, 5.74) is 0.859. The smallest absolute Gasteiger partial charge is 0.328 e. The van der Waals surface area contributed by atoms with Crippen LogP contribution in [0.3, 0.4) is 0 Å². The number of ether oxygens (including phenoxy) is 2. The normalized spacial score (nSPS) is 14.0. The third-order valence-electron chi connectivity index (χ3n) is 4.20. The molecule has 1 atom stereocenters. The van der Waals surface area contributed by atoms with Gasteiger partial charge in [0.1, 0.15) is 37.4 Å². The fourth-order valence-corrected chi connectivity index (χ4v) is 2.63. The molecule has 0 saturated heterocycles. The molecule has 0 radical (unpaired) electrons. The first-order valence-electron chi connectivity index (χ1n) is 10.3. The molecule has 1 aliphatic rings. The molecule has 10 heteroatoms. The van der Waals surface area contributed by atoms with E-state index < -0.39 is 18.0 Å². The van der Waals surface area contributed by atoms with Gasteiger partial charge in [-0.15, -0.1) is 0 Å². The molecule has 178 valence electrons. The van der Waals surface area contributed by atoms with E-state index in [1.807, 2.05) is 19.1 Å². The van der Waals surface area contributed by atoms with E-state index >= 15 is 0 Å². The molecule has 1 aromatic rings. The monoisotopic (exact) mass is 452 g/mol. The molecule has 0 aliphatic carbocycles. The lowest BCUT2D eigenvalue weighted by Gasteiger charge is -2.29. The Balaban J connectivity index is 0.000000547. The van der Waals surface area contributed by atoms with Gasteiger partial charge in [0.15, 0.2) is 0 Å². The van der Waals surface area contributed by atoms with E-state index in [0.717, 1.165) is 5.69 Å². The topological polar surface area (TPSA) is 153 Å². The molecule has 1 heterocycles. The lowest BCUT2D eigenvalue weighted by molar-refractivity contribution is -0.722. The van der Waals surface area contributed by atoms with Gasteiger partial charge in [-0.25, -0.2) is 4.79 Å². The quantitative estimate of drug-likeness (QED) is 0.438. The van der Waals surface area contributed by atoms with Gasteiger partial charge in [0.2, 0.25) is 5.91 Å². The van der Waals surface area contributed by atoms with Crippen LogP contribution in [0.1, 0.15) is 34.1 Å². The molecule has 10 nitrogen and oxygen atoms in total. The molecule has 1 aromatic carbocycles. The summed E-state index contributed by atoms with van der Waals surface area (Å²) in [6.07, 6.45) is 0.866. The van der Waals surface area contributed by atoms with Crippen molar-refractivity contribution in [2.24, 2.45) is 0 Å². The Labute approximate surface area is 187 Å². The molecule has 0 saturated carbocycles. The highest BCUT2D eigenvalue weighted by Crippen LogP contribution is 2.35. The van der Waals surface area contributed by atoms with E-state index in [1.54, 1.807) is 11.0 Å². The standard InChI is InChI=1S/C18H28N2O4.C4H4O4/c1-5-17(22)20-8-9-23-16-10-14(6-7-15(16)20)24-12-13(21)11-19-18(2,3)4;5-3(6)1-2-4(7)8/h6-7,10,13,19,21H,5,8-9,11-12H2,1-4H3;1-2H,(H,5,6)(H,7,8)/b;2-1+. The highest BCUT2D eigenvalue weighted by atomic mass is 16.5. The second kappa shape index (κ2) is 12.7. The third-order valence-corrected chi connectivity index (χ3v) is 4.20. The number of hydrogen-bond donors (Lipinski definition) is 3. The number of hydrogen-bond acceptors (Lipinski definition) is 7. The van der Waals surface area contributed by atoms with Crippen LogP contribution in [0.2, 0.25) is 0 Å². The number of quaternary nitrogens is 1. The van der Waals surface area contributed by atoms with Crippen LogP contribution < -0.4 is 24.8 Å². The summed E-state index contributed by atoms with van der Waals surface area (Å²) in [4.78, 5) is 32.7. The fourth-order valence-electron chi connectivity index (χ4n) is 2.63. The summed E-state index contributed by atoms with van der Waals surface area (Å²) in [6.45, 7) is 10.0. The first-order valence-corrected chi connectivity index (χ1v) is 10.3. The number of aliphatic carboxylic acids is 2. The Bertz CT molecular complexity index is 801. The number of carbonyl (C=O) groups is 3. The number of fused-ring (bicyclic) bond motifs is 1. The molecular weight excluding hydrogens is 420 g/mol. The highest BCUT2D eigenvalue weighted by molar-refractivity contribution is 5.95. The number of nitrogens with two attached hydrogens (primary N) is 1. The zero-order valence-electron chi connectivity index (χ0n) is 18.9. The Morgan fingerprint density at radius 3 is 2.53 bits per heavy atom. The minimum Gasteiger partial charge on any atom is -0.545 e. The van der Waals surface area contributed by atoms with Crippen molar-refractivity contribution in [3.05, 3.63) is 30.4 Å². The van der Waals surface area contributed by atoms with Gasteiger partial charge in [0, 0.05) is 18.6 Å². The van der Waals surface area contributed by atoms with Crippen molar-refractivity contribution in [1.29, 1.82) is 0 Å². The fraction of sp³-hybridized carbons (Fsp3) is 0.500. The lowest BCUT2D eigenvalue weighted by atomic mass is 10.1. The maximum absolute atomic E-state index is 12.0. The van der Waals surface area contributed by atoms with E-state index in [2.05, 4.69) is 26.1 Å². The summed E-state index contributed by atoms with van der Waals surface area (Å²) in [6, 6.07) is 5.43. The summed E-state index contributed by atoms with van der Waals surface area (Å²) < 4.78 is 11.3. The first-order chi connectivity index (χ1) is 14.9. The number of carboxylic acids is 2. The number of carbonyl (C=O) groups excluding carboxylic acids is 2. The summed E-state index contributed by atoms with van der Waals surface area (Å²) in [5, 5.41) is 29.3. The van der Waals surface area contributed by atoms with Crippen LogP contribution in [0.25, 0.3) is 0 Å². The van der Waals surface area contributed by atoms with Crippen LogP contribution in [-0.4, -0.2) is 66.0 Å². The second-order valence-electron chi connectivity index (χ2n) is 8.14. The van der Waals surface area contributed by atoms with Crippen molar-refractivity contribution in [2.75, 3.05) is 31.2 Å². The third kappa shape index (κ3) is 10.3. The minimum absolute atomic E-state index is 0.0793. The maximum atomic E-state index is 12.0. The largest absolute Gasteiger partial charge is 0.545 e. The summed E-state index contributed by atoms with van der Waals surface area (Å²) >= 11 is 0. The van der Waals surface area contributed by atoms with Gasteiger partial charge in [-0.05, 0) is 39.0 Å². The van der Waals surface area contributed by atoms with Gasteiger partial charge in [-0.3, -0.25) is 4.79 Å². The number of nitrogens with zero attached hydrogens (tertiary/aromatic N) is 1. The molecule has 1 unspecified atom stereocenters. The first kappa shape index (κ1) is 26.9. The van der Waals surface area contributed by atoms with Crippen molar-refractivity contribution < 1.29 is 44.5 Å². The maximum Gasteiger partial charge on any atom is 0.328 e. The van der Waals surface area contributed by atoms with Gasteiger partial charge in [-0.2, -0.15) is 0 Å². The number of carboxylic acid groups (broad SMARTS) is 2. The van der Waals surface area contributed by atoms with E-state index in [1.165, 1.54) is 0 Å². The summed E-state index contributed by atoms with van der Waals surface area (Å²) in [5.74, 6) is -1.44. The molecule has 0 aromatic heterocycles. The highest BCUT2D eigenvalue weighted by Gasteiger charge is 2.23. The average molecular weight is 453 g/mol. The number of benzene rings is 1. The van der Waals surface area contributed by atoms with Crippen LogP contribution in [0.15, 0.2) is 30.4 Å². The number of aliphatic hydroxyl groups is 1. The van der Waals surface area contributed by atoms with E-state index in [9.17, 15) is 24.6 Å². The minimum atomic E-state index is -1.51. The number of rotatable bonds is 8. The van der Waals surface area contributed by atoms with Gasteiger partial charge in [0.05, 0.1) is 23.7 Å². The zero-order valence-corrected chi connectivity index (χ0v) is 18.9. The number of amides is 1. The van der Waals surface area contributed by atoms with Gasteiger partial charge in [-0.1, -0.05) is 6.92 Å². The number of aliphatic hydroxyl groups excluding tert-OH is 1. The molecule has 4 N–H and O–H groups in total. The van der Waals surface area contributed by atoms with Crippen LogP contribution in [0.4, 0.5) is 5.69 Å². The lowest BCUT2D eigenvalue weighted by Crippen LogP contribution is -2.96. The van der Waals surface area contributed by atoms with E-state index in [4.69, 9.17) is 14.6 Å². The van der Waals surface area contributed by atoms with Gasteiger partial charge < -0.3 is 39.8 Å². The van der Waals surface area contributed by atoms with Crippen molar-refractivity contribution in [3.8, 4) is 11.5 Å². The Kier molecular flexibility index (Phi) is 10.7. The summed E-state index contributed by atoms with van der Waals surface area (Å²) in [7, 11) is 0. The molecule has 1 amide bonds. The molecule has 1 aliphatic heterocycles. The molecule has 0 bridgehead atoms. The van der Waals surface area contributed by atoms with Crippen molar-refractivity contribution in [1.82, 2.24) is 0 Å². The molecule has 0 spiro atoms. The van der Waals surface area contributed by atoms with Crippen LogP contribution in [-0.2, 0) is 14.4 Å². The molecule has 2 rings (SSSR count). The Morgan fingerprint density at radius 2 is 2.00 bits per heavy atom. The van der Waals surface area contributed by atoms with Crippen LogP contribution >= 0.6 is 0 Å². The molecule has 0 fully saturated rings. The van der Waals surface area contributed by atoms with Crippen LogP contribution in [0.5, 0.6) is 11.5 Å². The predicted molar refractivity (Wildman–Crippen MR) is 114 cm³/mol. The predicted octanol–water partition coefficient (Wildman–Crippen LogP) is -0.699. The van der Waals surface area contributed by atoms with Gasteiger partial charge >= 0.3 is 5.97 Å².